The maximum atomic E-state index is 11.8. The van der Waals surface area contributed by atoms with Crippen molar-refractivity contribution in [3.8, 4) is 0 Å². The Morgan fingerprint density at radius 2 is 2.28 bits per heavy atom. The van der Waals surface area contributed by atoms with Crippen LogP contribution in [0, 0.1) is 0 Å². The smallest absolute Gasteiger partial charge is 0.239 e. The van der Waals surface area contributed by atoms with Gasteiger partial charge in [-0.05, 0) is 25.0 Å². The van der Waals surface area contributed by atoms with E-state index in [-0.39, 0.29) is 5.91 Å². The van der Waals surface area contributed by atoms with Crippen molar-refractivity contribution in [2.24, 2.45) is 0 Å². The number of fused-ring (bicyclic) bond motifs is 1. The largest absolute Gasteiger partial charge is 0.383 e. The molecule has 4 heteroatoms. The van der Waals surface area contributed by atoms with E-state index in [1.165, 1.54) is 11.3 Å². The summed E-state index contributed by atoms with van der Waals surface area (Å²) in [6, 6.07) is 8.67. The lowest BCUT2D eigenvalue weighted by Gasteiger charge is -2.24. The number of hydrogen-bond donors (Lipinski definition) is 1. The number of amides is 1. The van der Waals surface area contributed by atoms with Crippen LogP contribution >= 0.6 is 0 Å². The molecule has 0 spiro atoms. The quantitative estimate of drug-likeness (QED) is 0.796. The number of anilines is 1. The third-order valence-corrected chi connectivity index (χ3v) is 3.29. The van der Waals surface area contributed by atoms with Gasteiger partial charge in [0, 0.05) is 25.4 Å². The first-order valence-corrected chi connectivity index (χ1v) is 6.32. The van der Waals surface area contributed by atoms with E-state index in [9.17, 15) is 4.79 Å². The summed E-state index contributed by atoms with van der Waals surface area (Å²) in [6.07, 6.45) is 1.02. The Labute approximate surface area is 108 Å². The molecule has 1 aromatic carbocycles. The van der Waals surface area contributed by atoms with E-state index in [2.05, 4.69) is 29.3 Å². The molecule has 2 rings (SSSR count). The van der Waals surface area contributed by atoms with E-state index in [0.717, 1.165) is 6.42 Å². The van der Waals surface area contributed by atoms with E-state index in [0.29, 0.717) is 25.7 Å². The summed E-state index contributed by atoms with van der Waals surface area (Å²) in [7, 11) is 1.63. The Kier molecular flexibility index (Phi) is 4.20. The lowest BCUT2D eigenvalue weighted by atomic mass is 10.1. The molecule has 1 atom stereocenters. The highest BCUT2D eigenvalue weighted by atomic mass is 16.5. The molecule has 0 radical (unpaired) electrons. The number of hydrogen-bond acceptors (Lipinski definition) is 3. The zero-order valence-corrected chi connectivity index (χ0v) is 11.0. The van der Waals surface area contributed by atoms with Crippen LogP contribution in [0.25, 0.3) is 0 Å². The monoisotopic (exact) mass is 248 g/mol. The Bertz CT molecular complexity index is 420. The topological polar surface area (TPSA) is 41.6 Å². The minimum atomic E-state index is 0.0515. The van der Waals surface area contributed by atoms with Gasteiger partial charge in [-0.1, -0.05) is 18.2 Å². The van der Waals surface area contributed by atoms with Crippen molar-refractivity contribution in [3.63, 3.8) is 0 Å². The molecule has 0 fully saturated rings. The molecule has 0 saturated carbocycles. The average Bonchev–Trinajstić information content (AvgIpc) is 2.67. The fourth-order valence-electron chi connectivity index (χ4n) is 2.37. The van der Waals surface area contributed by atoms with Gasteiger partial charge in [-0.2, -0.15) is 0 Å². The SMILES string of the molecule is COCCNC(=O)CN1c2ccccc2C[C@@H]1C. The van der Waals surface area contributed by atoms with Crippen molar-refractivity contribution in [2.75, 3.05) is 31.7 Å². The summed E-state index contributed by atoms with van der Waals surface area (Å²) >= 11 is 0. The molecule has 1 aromatic rings. The van der Waals surface area contributed by atoms with E-state index in [1.54, 1.807) is 7.11 Å². The first-order valence-electron chi connectivity index (χ1n) is 6.32. The zero-order valence-electron chi connectivity index (χ0n) is 11.0. The highest BCUT2D eigenvalue weighted by Crippen LogP contribution is 2.31. The molecule has 1 heterocycles. The van der Waals surface area contributed by atoms with Gasteiger partial charge in [-0.15, -0.1) is 0 Å². The second-order valence-corrected chi connectivity index (χ2v) is 4.65. The number of para-hydroxylation sites is 1. The van der Waals surface area contributed by atoms with Crippen molar-refractivity contribution in [3.05, 3.63) is 29.8 Å². The number of benzene rings is 1. The predicted octanol–water partition coefficient (Wildman–Crippen LogP) is 1.20. The fraction of sp³-hybridized carbons (Fsp3) is 0.500. The minimum absolute atomic E-state index is 0.0515. The van der Waals surface area contributed by atoms with Crippen molar-refractivity contribution < 1.29 is 9.53 Å². The second-order valence-electron chi connectivity index (χ2n) is 4.65. The Balaban J connectivity index is 1.95. The second kappa shape index (κ2) is 5.87. The fourth-order valence-corrected chi connectivity index (χ4v) is 2.37. The summed E-state index contributed by atoms with van der Waals surface area (Å²) in [4.78, 5) is 14.0. The molecule has 1 aliphatic heterocycles. The Morgan fingerprint density at radius 3 is 3.06 bits per heavy atom. The molecule has 18 heavy (non-hydrogen) atoms. The van der Waals surface area contributed by atoms with Crippen LogP contribution in [0.15, 0.2) is 24.3 Å². The van der Waals surface area contributed by atoms with Gasteiger partial charge >= 0.3 is 0 Å². The molecular weight excluding hydrogens is 228 g/mol. The van der Waals surface area contributed by atoms with Gasteiger partial charge in [0.05, 0.1) is 13.2 Å². The van der Waals surface area contributed by atoms with Gasteiger partial charge in [-0.3, -0.25) is 4.79 Å². The van der Waals surface area contributed by atoms with Crippen LogP contribution in [0.1, 0.15) is 12.5 Å². The van der Waals surface area contributed by atoms with Gasteiger partial charge in [0.25, 0.3) is 0 Å². The Morgan fingerprint density at radius 1 is 1.50 bits per heavy atom. The third kappa shape index (κ3) is 2.82. The number of ether oxygens (including phenoxy) is 1. The van der Waals surface area contributed by atoms with E-state index >= 15 is 0 Å². The minimum Gasteiger partial charge on any atom is -0.383 e. The lowest BCUT2D eigenvalue weighted by Crippen LogP contribution is -2.41. The van der Waals surface area contributed by atoms with Gasteiger partial charge in [0.1, 0.15) is 0 Å². The number of carbonyl (C=O) groups excluding carboxylic acids is 1. The number of nitrogens with zero attached hydrogens (tertiary/aromatic N) is 1. The van der Waals surface area contributed by atoms with Crippen LogP contribution < -0.4 is 10.2 Å². The van der Waals surface area contributed by atoms with Crippen molar-refractivity contribution in [1.82, 2.24) is 5.32 Å². The van der Waals surface area contributed by atoms with Crippen molar-refractivity contribution in [2.45, 2.75) is 19.4 Å². The predicted molar refractivity (Wildman–Crippen MR) is 71.8 cm³/mol. The molecule has 0 aliphatic carbocycles. The normalized spacial score (nSPS) is 17.7. The maximum absolute atomic E-state index is 11.8. The maximum Gasteiger partial charge on any atom is 0.239 e. The van der Waals surface area contributed by atoms with Crippen LogP contribution in [-0.4, -0.2) is 38.8 Å². The molecule has 4 nitrogen and oxygen atoms in total. The summed E-state index contributed by atoms with van der Waals surface area (Å²) in [5, 5.41) is 2.86. The molecule has 0 saturated heterocycles. The van der Waals surface area contributed by atoms with Crippen LogP contribution in [0.3, 0.4) is 0 Å². The van der Waals surface area contributed by atoms with Crippen LogP contribution in [0.2, 0.25) is 0 Å². The van der Waals surface area contributed by atoms with Gasteiger partial charge in [0.15, 0.2) is 0 Å². The van der Waals surface area contributed by atoms with Gasteiger partial charge in [0.2, 0.25) is 5.91 Å². The van der Waals surface area contributed by atoms with E-state index in [1.807, 2.05) is 12.1 Å². The summed E-state index contributed by atoms with van der Waals surface area (Å²) in [6.45, 7) is 3.70. The third-order valence-electron chi connectivity index (χ3n) is 3.29. The Hall–Kier alpha value is -1.55. The summed E-state index contributed by atoms with van der Waals surface area (Å²) < 4.78 is 4.91. The molecule has 1 N–H and O–H groups in total. The van der Waals surface area contributed by atoms with E-state index < -0.39 is 0 Å². The molecule has 0 unspecified atom stereocenters. The van der Waals surface area contributed by atoms with Crippen molar-refractivity contribution >= 4 is 11.6 Å². The highest BCUT2D eigenvalue weighted by molar-refractivity contribution is 5.82. The van der Waals surface area contributed by atoms with Crippen LogP contribution in [0.5, 0.6) is 0 Å². The molecule has 0 bridgehead atoms. The molecule has 98 valence electrons. The highest BCUT2D eigenvalue weighted by Gasteiger charge is 2.26. The molecule has 1 aliphatic rings. The molecule has 1 amide bonds. The van der Waals surface area contributed by atoms with Crippen molar-refractivity contribution in [1.29, 1.82) is 0 Å². The first-order chi connectivity index (χ1) is 8.72. The van der Waals surface area contributed by atoms with Crippen LogP contribution in [0.4, 0.5) is 5.69 Å². The zero-order chi connectivity index (χ0) is 13.0. The van der Waals surface area contributed by atoms with E-state index in [4.69, 9.17) is 4.74 Å². The van der Waals surface area contributed by atoms with Gasteiger partial charge in [-0.25, -0.2) is 0 Å². The van der Waals surface area contributed by atoms with Crippen LogP contribution in [-0.2, 0) is 16.0 Å². The first kappa shape index (κ1) is 12.9. The molecule has 0 aromatic heterocycles. The standard InChI is InChI=1S/C14H20N2O2/c1-11-9-12-5-3-4-6-13(12)16(11)10-14(17)15-7-8-18-2/h3-6,11H,7-10H2,1-2H3,(H,15,17)/t11-/m0/s1. The number of carbonyl (C=O) groups is 1. The summed E-state index contributed by atoms with van der Waals surface area (Å²) in [5.74, 6) is 0.0515. The number of rotatable bonds is 5. The molecular formula is C14H20N2O2. The number of nitrogens with one attached hydrogen (secondary N) is 1. The summed E-state index contributed by atoms with van der Waals surface area (Å²) in [5.41, 5.74) is 2.52. The average molecular weight is 248 g/mol. The lowest BCUT2D eigenvalue weighted by molar-refractivity contribution is -0.120. The van der Waals surface area contributed by atoms with Gasteiger partial charge < -0.3 is 15.0 Å². The number of methoxy groups -OCH3 is 1.